The fraction of sp³-hybridized carbons (Fsp3) is 0.391. The maximum Gasteiger partial charge on any atom is 0.317 e. The molecule has 0 unspecified atom stereocenters. The van der Waals surface area contributed by atoms with E-state index in [0.717, 1.165) is 5.56 Å². The number of aliphatic hydroxyl groups is 1. The fourth-order valence-corrected chi connectivity index (χ4v) is 3.43. The highest BCUT2D eigenvalue weighted by atomic mass is 19.1. The van der Waals surface area contributed by atoms with Crippen molar-refractivity contribution in [2.24, 2.45) is 0 Å². The Kier molecular flexibility index (Phi) is 7.83. The van der Waals surface area contributed by atoms with Gasteiger partial charge in [-0.3, -0.25) is 4.79 Å². The van der Waals surface area contributed by atoms with Gasteiger partial charge in [0.05, 0.1) is 12.1 Å². The van der Waals surface area contributed by atoms with E-state index in [9.17, 15) is 19.1 Å². The summed E-state index contributed by atoms with van der Waals surface area (Å²) in [5.74, 6) is -0.0447. The maximum atomic E-state index is 13.0. The smallest absolute Gasteiger partial charge is 0.317 e. The minimum absolute atomic E-state index is 0.196. The number of ether oxygens (including phenoxy) is 1. The Labute approximate surface area is 181 Å². The minimum Gasteiger partial charge on any atom is -0.489 e. The van der Waals surface area contributed by atoms with Crippen molar-refractivity contribution in [3.05, 3.63) is 65.5 Å². The third-order valence-electron chi connectivity index (χ3n) is 5.18. The minimum atomic E-state index is -0.721. The number of carbonyl (C=O) groups is 2. The third-order valence-corrected chi connectivity index (χ3v) is 5.18. The van der Waals surface area contributed by atoms with Gasteiger partial charge in [0.2, 0.25) is 0 Å². The van der Waals surface area contributed by atoms with Crippen LogP contribution in [0.25, 0.3) is 0 Å². The average molecular weight is 429 g/mol. The molecule has 0 aliphatic carbocycles. The molecule has 1 heterocycles. The SMILES string of the molecule is CCNC(=O)N1CCC[C@@H](O)[C@H](NC(=O)c2ccc(OCc3ccc(F)cc3)cc2)C1. The van der Waals surface area contributed by atoms with Crippen molar-refractivity contribution < 1.29 is 23.8 Å². The third kappa shape index (κ3) is 6.42. The van der Waals surface area contributed by atoms with E-state index in [2.05, 4.69) is 10.6 Å². The molecule has 3 N–H and O–H groups in total. The number of nitrogens with zero attached hydrogens (tertiary/aromatic N) is 1. The number of aliphatic hydroxyl groups excluding tert-OH is 1. The lowest BCUT2D eigenvalue weighted by Gasteiger charge is -2.27. The standard InChI is InChI=1S/C23H28FN3O4/c1-2-25-23(30)27-13-3-4-21(28)20(14-27)26-22(29)17-7-11-19(12-8-17)31-15-16-5-9-18(24)10-6-16/h5-12,20-21,28H,2-4,13-15H2,1H3,(H,25,30)(H,26,29)/t20-,21-/m1/s1. The van der Waals surface area contributed by atoms with Gasteiger partial charge in [-0.1, -0.05) is 12.1 Å². The molecular weight excluding hydrogens is 401 g/mol. The van der Waals surface area contributed by atoms with E-state index in [1.54, 1.807) is 41.3 Å². The van der Waals surface area contributed by atoms with Gasteiger partial charge >= 0.3 is 6.03 Å². The summed E-state index contributed by atoms with van der Waals surface area (Å²) >= 11 is 0. The van der Waals surface area contributed by atoms with Crippen LogP contribution in [-0.2, 0) is 6.61 Å². The number of urea groups is 1. The average Bonchev–Trinajstić information content (AvgIpc) is 2.95. The summed E-state index contributed by atoms with van der Waals surface area (Å²) in [4.78, 5) is 26.5. The van der Waals surface area contributed by atoms with Crippen molar-refractivity contribution in [2.75, 3.05) is 19.6 Å². The van der Waals surface area contributed by atoms with Gasteiger partial charge in [-0.05, 0) is 61.7 Å². The second-order valence-corrected chi connectivity index (χ2v) is 7.51. The lowest BCUT2D eigenvalue weighted by Crippen LogP contribution is -2.51. The molecule has 3 rings (SSSR count). The topological polar surface area (TPSA) is 90.9 Å². The maximum absolute atomic E-state index is 13.0. The summed E-state index contributed by atoms with van der Waals surface area (Å²) in [6, 6.07) is 12.0. The highest BCUT2D eigenvalue weighted by molar-refractivity contribution is 5.94. The molecule has 0 radical (unpaired) electrons. The van der Waals surface area contributed by atoms with Crippen molar-refractivity contribution in [2.45, 2.75) is 38.5 Å². The molecule has 1 aliphatic rings. The molecule has 166 valence electrons. The van der Waals surface area contributed by atoms with Crippen LogP contribution >= 0.6 is 0 Å². The van der Waals surface area contributed by atoms with Crippen molar-refractivity contribution in [3.63, 3.8) is 0 Å². The molecule has 2 aromatic rings. The number of benzene rings is 2. The van der Waals surface area contributed by atoms with Gasteiger partial charge in [0, 0.05) is 25.2 Å². The van der Waals surface area contributed by atoms with Gasteiger partial charge in [0.25, 0.3) is 5.91 Å². The van der Waals surface area contributed by atoms with Crippen LogP contribution < -0.4 is 15.4 Å². The fourth-order valence-electron chi connectivity index (χ4n) is 3.43. The Balaban J connectivity index is 1.57. The van der Waals surface area contributed by atoms with E-state index in [1.807, 2.05) is 6.92 Å². The molecule has 31 heavy (non-hydrogen) atoms. The van der Waals surface area contributed by atoms with Gasteiger partial charge in [-0.15, -0.1) is 0 Å². The molecule has 2 atom stereocenters. The quantitative estimate of drug-likeness (QED) is 0.659. The van der Waals surface area contributed by atoms with Crippen LogP contribution in [0.5, 0.6) is 5.75 Å². The summed E-state index contributed by atoms with van der Waals surface area (Å²) in [5.41, 5.74) is 1.26. The van der Waals surface area contributed by atoms with E-state index in [0.29, 0.717) is 37.2 Å². The first-order valence-electron chi connectivity index (χ1n) is 10.4. The Bertz CT molecular complexity index is 873. The molecule has 7 nitrogen and oxygen atoms in total. The van der Waals surface area contributed by atoms with Crippen molar-refractivity contribution >= 4 is 11.9 Å². The molecule has 1 saturated heterocycles. The first kappa shape index (κ1) is 22.6. The zero-order valence-corrected chi connectivity index (χ0v) is 17.5. The largest absolute Gasteiger partial charge is 0.489 e. The predicted molar refractivity (Wildman–Crippen MR) is 114 cm³/mol. The molecule has 3 amide bonds. The van der Waals surface area contributed by atoms with E-state index < -0.39 is 12.1 Å². The Hall–Kier alpha value is -3.13. The molecule has 0 aromatic heterocycles. The number of halogens is 1. The number of hydrogen-bond donors (Lipinski definition) is 3. The molecule has 1 fully saturated rings. The number of rotatable bonds is 6. The predicted octanol–water partition coefficient (Wildman–Crippen LogP) is 2.69. The summed E-state index contributed by atoms with van der Waals surface area (Å²) in [7, 11) is 0. The first-order chi connectivity index (χ1) is 15.0. The molecule has 0 spiro atoms. The van der Waals surface area contributed by atoms with Crippen LogP contribution in [0.1, 0.15) is 35.7 Å². The molecule has 1 aliphatic heterocycles. The Morgan fingerprint density at radius 2 is 1.87 bits per heavy atom. The van der Waals surface area contributed by atoms with Crippen LogP contribution in [-0.4, -0.2) is 53.7 Å². The number of hydrogen-bond acceptors (Lipinski definition) is 4. The Morgan fingerprint density at radius 1 is 1.16 bits per heavy atom. The second-order valence-electron chi connectivity index (χ2n) is 7.51. The zero-order chi connectivity index (χ0) is 22.2. The number of likely N-dealkylation sites (tertiary alicyclic amines) is 1. The van der Waals surface area contributed by atoms with Crippen LogP contribution in [0.3, 0.4) is 0 Å². The number of carbonyl (C=O) groups excluding carboxylic acids is 2. The summed E-state index contributed by atoms with van der Waals surface area (Å²) in [6.45, 7) is 3.43. The van der Waals surface area contributed by atoms with E-state index in [4.69, 9.17) is 4.74 Å². The first-order valence-corrected chi connectivity index (χ1v) is 10.4. The van der Waals surface area contributed by atoms with Gasteiger partial charge in [-0.25, -0.2) is 9.18 Å². The summed E-state index contributed by atoms with van der Waals surface area (Å²) in [5, 5.41) is 16.0. The zero-order valence-electron chi connectivity index (χ0n) is 17.5. The van der Waals surface area contributed by atoms with E-state index in [-0.39, 0.29) is 30.9 Å². The lowest BCUT2D eigenvalue weighted by atomic mass is 10.1. The van der Waals surface area contributed by atoms with Crippen LogP contribution in [0.15, 0.2) is 48.5 Å². The van der Waals surface area contributed by atoms with Crippen LogP contribution in [0, 0.1) is 5.82 Å². The van der Waals surface area contributed by atoms with E-state index >= 15 is 0 Å². The summed E-state index contributed by atoms with van der Waals surface area (Å²) < 4.78 is 18.6. The van der Waals surface area contributed by atoms with Crippen molar-refractivity contribution in [3.8, 4) is 5.75 Å². The molecule has 8 heteroatoms. The molecule has 2 aromatic carbocycles. The number of amides is 3. The van der Waals surface area contributed by atoms with Gasteiger partial charge in [0.15, 0.2) is 0 Å². The van der Waals surface area contributed by atoms with Gasteiger partial charge < -0.3 is 25.4 Å². The molecular formula is C23H28FN3O4. The van der Waals surface area contributed by atoms with E-state index in [1.165, 1.54) is 12.1 Å². The van der Waals surface area contributed by atoms with Gasteiger partial charge in [0.1, 0.15) is 18.2 Å². The van der Waals surface area contributed by atoms with Crippen LogP contribution in [0.2, 0.25) is 0 Å². The van der Waals surface area contributed by atoms with Crippen molar-refractivity contribution in [1.29, 1.82) is 0 Å². The summed E-state index contributed by atoms with van der Waals surface area (Å²) in [6.07, 6.45) is 0.462. The lowest BCUT2D eigenvalue weighted by molar-refractivity contribution is 0.0809. The normalized spacial score (nSPS) is 18.7. The highest BCUT2D eigenvalue weighted by Gasteiger charge is 2.29. The monoisotopic (exact) mass is 429 g/mol. The Morgan fingerprint density at radius 3 is 2.55 bits per heavy atom. The number of nitrogens with one attached hydrogen (secondary N) is 2. The second kappa shape index (κ2) is 10.8. The highest BCUT2D eigenvalue weighted by Crippen LogP contribution is 2.16. The van der Waals surface area contributed by atoms with Crippen LogP contribution in [0.4, 0.5) is 9.18 Å². The van der Waals surface area contributed by atoms with Crippen molar-refractivity contribution in [1.82, 2.24) is 15.5 Å². The van der Waals surface area contributed by atoms with Gasteiger partial charge in [-0.2, -0.15) is 0 Å². The molecule has 0 saturated carbocycles. The molecule has 0 bridgehead atoms.